The number of rotatable bonds is 14. The van der Waals surface area contributed by atoms with E-state index in [0.29, 0.717) is 11.4 Å². The Bertz CT molecular complexity index is 3630. The van der Waals surface area contributed by atoms with E-state index in [2.05, 4.69) is 234 Å². The van der Waals surface area contributed by atoms with Crippen molar-refractivity contribution in [3.63, 3.8) is 0 Å². The fraction of sp³-hybridized carbons (Fsp3) is 0.246. The summed E-state index contributed by atoms with van der Waals surface area (Å²) in [5, 5.41) is 0.721. The maximum Gasteiger partial charge on any atom is 0.193 e. The van der Waals surface area contributed by atoms with E-state index in [9.17, 15) is 4.79 Å². The molecule has 0 fully saturated rings. The summed E-state index contributed by atoms with van der Waals surface area (Å²) in [6.07, 6.45) is 2.51. The number of aromatic nitrogens is 3. The lowest BCUT2D eigenvalue weighted by Crippen LogP contribution is -2.16. The topological polar surface area (TPSA) is 62.2 Å². The summed E-state index contributed by atoms with van der Waals surface area (Å²) in [6.45, 7) is 28.1. The SMILES string of the molecule is Cc1cc(C)c(-c2cccc(C(=O)c3c(C)cc(C)c(N(C)c4ccc(-c5c(C)cccc5CCSc5ncnc(-c6c(C)c(C)c(N(C)c7ccc(-c8c(C)cccc8C)cc7)c(C)c6C)n5)cc4)c3C)c2)c(C)c1. The molecule has 1 aromatic heterocycles. The Morgan fingerprint density at radius 1 is 0.461 bits per heavy atom. The Morgan fingerprint density at radius 2 is 0.987 bits per heavy atom. The highest BCUT2D eigenvalue weighted by molar-refractivity contribution is 7.99. The van der Waals surface area contributed by atoms with Gasteiger partial charge < -0.3 is 9.80 Å². The smallest absolute Gasteiger partial charge is 0.193 e. The summed E-state index contributed by atoms with van der Waals surface area (Å²) in [6, 6.07) is 45.6. The molecule has 7 heteroatoms. The average Bonchev–Trinajstić information content (AvgIpc) is 3.40. The van der Waals surface area contributed by atoms with E-state index >= 15 is 0 Å². The number of hydrogen-bond acceptors (Lipinski definition) is 7. The zero-order chi connectivity index (χ0) is 54.3. The van der Waals surface area contributed by atoms with Crippen LogP contribution in [0.15, 0.2) is 139 Å². The van der Waals surface area contributed by atoms with Crippen LogP contribution in [0, 0.1) is 90.0 Å². The highest BCUT2D eigenvalue weighted by Gasteiger charge is 2.24. The van der Waals surface area contributed by atoms with Crippen molar-refractivity contribution in [2.45, 2.75) is 102 Å². The van der Waals surface area contributed by atoms with Crippen LogP contribution in [0.2, 0.25) is 0 Å². The third-order valence-electron chi connectivity index (χ3n) is 15.8. The molecule has 0 saturated heterocycles. The van der Waals surface area contributed by atoms with E-state index in [0.717, 1.165) is 67.8 Å². The molecule has 0 N–H and O–H groups in total. The molecule has 0 radical (unpaired) electrons. The van der Waals surface area contributed by atoms with Gasteiger partial charge in [-0.1, -0.05) is 114 Å². The van der Waals surface area contributed by atoms with Gasteiger partial charge in [-0.05, 0) is 232 Å². The van der Waals surface area contributed by atoms with Crippen LogP contribution in [0.4, 0.5) is 22.7 Å². The number of thioether (sulfide) groups is 1. The van der Waals surface area contributed by atoms with Crippen LogP contribution in [-0.2, 0) is 6.42 Å². The third-order valence-corrected chi connectivity index (χ3v) is 16.7. The quantitative estimate of drug-likeness (QED) is 0.0794. The fourth-order valence-electron chi connectivity index (χ4n) is 12.1. The second-order valence-electron chi connectivity index (χ2n) is 21.0. The Morgan fingerprint density at radius 3 is 1.59 bits per heavy atom. The second-order valence-corrected chi connectivity index (χ2v) is 22.1. The lowest BCUT2D eigenvalue weighted by atomic mass is 9.88. The summed E-state index contributed by atoms with van der Waals surface area (Å²) in [7, 11) is 4.27. The molecular weight excluding hydrogens is 947 g/mol. The van der Waals surface area contributed by atoms with Crippen molar-refractivity contribution in [1.29, 1.82) is 0 Å². The molecule has 8 aromatic carbocycles. The minimum atomic E-state index is 0.0434. The fourth-order valence-corrected chi connectivity index (χ4v) is 12.8. The maximum atomic E-state index is 14.5. The molecule has 6 nitrogen and oxygen atoms in total. The van der Waals surface area contributed by atoms with Gasteiger partial charge in [0.05, 0.1) is 0 Å². The molecule has 0 bridgehead atoms. The van der Waals surface area contributed by atoms with Crippen molar-refractivity contribution in [3.05, 3.63) is 223 Å². The molecule has 0 saturated carbocycles. The van der Waals surface area contributed by atoms with E-state index in [-0.39, 0.29) is 5.78 Å². The first kappa shape index (κ1) is 53.2. The number of carbonyl (C=O) groups is 1. The monoisotopic (exact) mass is 1020 g/mol. The number of ketones is 1. The lowest BCUT2D eigenvalue weighted by molar-refractivity contribution is 0.103. The molecular formula is C69H71N5OS. The van der Waals surface area contributed by atoms with Crippen molar-refractivity contribution in [2.75, 3.05) is 29.6 Å². The van der Waals surface area contributed by atoms with Crippen LogP contribution in [-0.4, -0.2) is 40.6 Å². The molecule has 0 atom stereocenters. The van der Waals surface area contributed by atoms with Crippen molar-refractivity contribution < 1.29 is 4.79 Å². The van der Waals surface area contributed by atoms with Gasteiger partial charge in [0, 0.05) is 59.3 Å². The second kappa shape index (κ2) is 21.9. The van der Waals surface area contributed by atoms with Crippen LogP contribution in [0.25, 0.3) is 44.8 Å². The zero-order valence-electron chi connectivity index (χ0n) is 47.2. The van der Waals surface area contributed by atoms with Crippen molar-refractivity contribution in [3.8, 4) is 44.8 Å². The summed E-state index contributed by atoms with van der Waals surface area (Å²) >= 11 is 1.67. The highest BCUT2D eigenvalue weighted by atomic mass is 32.2. The van der Waals surface area contributed by atoms with E-state index in [1.165, 1.54) is 94.7 Å². The van der Waals surface area contributed by atoms with Crippen molar-refractivity contribution in [2.24, 2.45) is 0 Å². The predicted octanol–water partition coefficient (Wildman–Crippen LogP) is 17.7. The number of benzene rings is 8. The Balaban J connectivity index is 0.908. The van der Waals surface area contributed by atoms with Crippen molar-refractivity contribution in [1.82, 2.24) is 15.0 Å². The lowest BCUT2D eigenvalue weighted by Gasteiger charge is -2.28. The maximum absolute atomic E-state index is 14.5. The Hall–Kier alpha value is -7.61. The zero-order valence-corrected chi connectivity index (χ0v) is 48.0. The number of aryl methyl sites for hydroxylation is 9. The van der Waals surface area contributed by atoms with Gasteiger partial charge in [0.25, 0.3) is 0 Å². The van der Waals surface area contributed by atoms with Gasteiger partial charge in [-0.15, -0.1) is 0 Å². The van der Waals surface area contributed by atoms with Gasteiger partial charge in [-0.25, -0.2) is 15.0 Å². The van der Waals surface area contributed by atoms with Gasteiger partial charge in [0.2, 0.25) is 0 Å². The molecule has 9 rings (SSSR count). The molecule has 0 aliphatic heterocycles. The van der Waals surface area contributed by atoms with E-state index < -0.39 is 0 Å². The minimum Gasteiger partial charge on any atom is -0.344 e. The first-order valence-electron chi connectivity index (χ1n) is 26.4. The number of nitrogens with zero attached hydrogens (tertiary/aromatic N) is 5. The third kappa shape index (κ3) is 10.3. The number of hydrogen-bond donors (Lipinski definition) is 0. The molecule has 0 spiro atoms. The molecule has 0 amide bonds. The van der Waals surface area contributed by atoms with E-state index in [4.69, 9.17) is 9.97 Å². The van der Waals surface area contributed by atoms with Gasteiger partial charge in [-0.3, -0.25) is 4.79 Å². The van der Waals surface area contributed by atoms with Crippen molar-refractivity contribution >= 4 is 40.3 Å². The number of anilines is 4. The van der Waals surface area contributed by atoms with Crippen LogP contribution in [0.1, 0.15) is 93.8 Å². The Labute approximate surface area is 456 Å². The van der Waals surface area contributed by atoms with Gasteiger partial charge in [0.15, 0.2) is 16.8 Å². The summed E-state index contributed by atoms with van der Waals surface area (Å²) in [5.74, 6) is 1.56. The Kier molecular flexibility index (Phi) is 15.4. The van der Waals surface area contributed by atoms with E-state index in [1.807, 2.05) is 12.1 Å². The average molecular weight is 1020 g/mol. The molecule has 76 heavy (non-hydrogen) atoms. The van der Waals surface area contributed by atoms with Gasteiger partial charge >= 0.3 is 0 Å². The molecule has 9 aromatic rings. The summed E-state index contributed by atoms with van der Waals surface area (Å²) in [4.78, 5) is 33.6. The largest absolute Gasteiger partial charge is 0.344 e. The molecule has 0 unspecified atom stereocenters. The normalized spacial score (nSPS) is 11.3. The first-order valence-corrected chi connectivity index (χ1v) is 27.4. The first-order chi connectivity index (χ1) is 36.3. The van der Waals surface area contributed by atoms with E-state index in [1.54, 1.807) is 18.1 Å². The molecule has 0 aliphatic carbocycles. The molecule has 384 valence electrons. The minimum absolute atomic E-state index is 0.0434. The summed E-state index contributed by atoms with van der Waals surface area (Å²) < 4.78 is 0. The van der Waals surface area contributed by atoms with Gasteiger partial charge in [-0.2, -0.15) is 0 Å². The summed E-state index contributed by atoms with van der Waals surface area (Å²) in [5.41, 5.74) is 30.8. The van der Waals surface area contributed by atoms with Crippen LogP contribution < -0.4 is 9.80 Å². The molecule has 0 aliphatic rings. The van der Waals surface area contributed by atoms with Crippen LogP contribution in [0.5, 0.6) is 0 Å². The standard InChI is InChI=1S/C69H71N5OS/c1-40-35-44(5)61(45(6)36-40)56-23-18-24-57(38-56)67(75)62-46(7)37-47(8)65(52(62)13)73(14)58-31-27-55(28-32-58)63-43(4)21-17-22-53(63)33-34-76-69-71-39-70-68(72-69)64-48(9)50(11)66(51(12)49(64)10)74(15)59-29-25-54(26-30-59)60-41(2)19-16-20-42(60)3/h16-32,35-39H,33-34H2,1-15H3. The highest BCUT2D eigenvalue weighted by Crippen LogP contribution is 2.42. The van der Waals surface area contributed by atoms with Crippen LogP contribution >= 0.6 is 11.8 Å². The number of carbonyl (C=O) groups excluding carboxylic acids is 1. The predicted molar refractivity (Wildman–Crippen MR) is 323 cm³/mol. The van der Waals surface area contributed by atoms with Crippen LogP contribution in [0.3, 0.4) is 0 Å². The van der Waals surface area contributed by atoms with Gasteiger partial charge in [0.1, 0.15) is 6.33 Å². The molecule has 1 heterocycles.